The smallest absolute Gasteiger partial charge is 0.133 e. The summed E-state index contributed by atoms with van der Waals surface area (Å²) >= 11 is 0. The molecule has 0 saturated heterocycles. The lowest BCUT2D eigenvalue weighted by molar-refractivity contribution is 0.350. The zero-order valence-electron chi connectivity index (χ0n) is 8.10. The zero-order valence-corrected chi connectivity index (χ0v) is 8.10. The van der Waals surface area contributed by atoms with Crippen LogP contribution in [0.5, 0.6) is 0 Å². The summed E-state index contributed by atoms with van der Waals surface area (Å²) in [5.41, 5.74) is 1.91. The minimum Gasteiger partial charge on any atom is -0.464 e. The highest BCUT2D eigenvalue weighted by atomic mass is 16.3. The van der Waals surface area contributed by atoms with Gasteiger partial charge in [0.25, 0.3) is 0 Å². The molecule has 1 heterocycles. The summed E-state index contributed by atoms with van der Waals surface area (Å²) in [6, 6.07) is 11.5. The predicted molar refractivity (Wildman–Crippen MR) is 58.1 cm³/mol. The Morgan fingerprint density at radius 2 is 1.93 bits per heavy atom. The minimum atomic E-state index is -0.111. The van der Waals surface area contributed by atoms with Gasteiger partial charge in [-0.25, -0.2) is 0 Å². The lowest BCUT2D eigenvalue weighted by Gasteiger charge is -1.96. The largest absolute Gasteiger partial charge is 0.464 e. The molecule has 0 bridgehead atoms. The molecule has 0 aliphatic rings. The van der Waals surface area contributed by atoms with Crippen LogP contribution >= 0.6 is 0 Å². The maximum Gasteiger partial charge on any atom is 0.133 e. The molecule has 15 heavy (non-hydrogen) atoms. The van der Waals surface area contributed by atoms with E-state index in [0.29, 0.717) is 0 Å². The number of hydrogen-bond acceptors (Lipinski definition) is 2. The Bertz CT molecular complexity index is 469. The lowest BCUT2D eigenvalue weighted by atomic mass is 10.1. The van der Waals surface area contributed by atoms with E-state index < -0.39 is 0 Å². The molecule has 0 radical (unpaired) electrons. The van der Waals surface area contributed by atoms with Gasteiger partial charge in [0.1, 0.15) is 12.4 Å². The van der Waals surface area contributed by atoms with Gasteiger partial charge in [0.05, 0.1) is 6.26 Å². The van der Waals surface area contributed by atoms with E-state index in [1.54, 1.807) is 6.26 Å². The molecular formula is C13H10O2. The van der Waals surface area contributed by atoms with Crippen molar-refractivity contribution < 1.29 is 9.52 Å². The molecule has 0 saturated carbocycles. The molecule has 0 amide bonds. The summed E-state index contributed by atoms with van der Waals surface area (Å²) in [6.45, 7) is -0.111. The van der Waals surface area contributed by atoms with Gasteiger partial charge in [-0.1, -0.05) is 24.0 Å². The molecule has 0 aliphatic carbocycles. The summed E-state index contributed by atoms with van der Waals surface area (Å²) in [6.07, 6.45) is 1.65. The van der Waals surface area contributed by atoms with Crippen molar-refractivity contribution in [3.63, 3.8) is 0 Å². The molecule has 2 nitrogen and oxygen atoms in total. The molecule has 1 aromatic heterocycles. The fourth-order valence-corrected chi connectivity index (χ4v) is 1.30. The molecule has 0 unspecified atom stereocenters. The first kappa shape index (κ1) is 9.57. The molecule has 0 spiro atoms. The van der Waals surface area contributed by atoms with E-state index in [1.165, 1.54) is 0 Å². The summed E-state index contributed by atoms with van der Waals surface area (Å²) in [4.78, 5) is 0. The average Bonchev–Trinajstić information content (AvgIpc) is 2.80. The number of benzene rings is 1. The summed E-state index contributed by atoms with van der Waals surface area (Å²) in [7, 11) is 0. The van der Waals surface area contributed by atoms with E-state index in [2.05, 4.69) is 11.8 Å². The number of hydrogen-bond donors (Lipinski definition) is 1. The second-order valence-corrected chi connectivity index (χ2v) is 3.01. The number of rotatable bonds is 1. The van der Waals surface area contributed by atoms with E-state index in [1.807, 2.05) is 36.4 Å². The first-order valence-corrected chi connectivity index (χ1v) is 4.64. The van der Waals surface area contributed by atoms with Crippen LogP contribution in [0, 0.1) is 11.8 Å². The van der Waals surface area contributed by atoms with Crippen LogP contribution in [0.2, 0.25) is 0 Å². The van der Waals surface area contributed by atoms with Crippen molar-refractivity contribution >= 4 is 0 Å². The number of furan rings is 1. The van der Waals surface area contributed by atoms with Gasteiger partial charge in [0.2, 0.25) is 0 Å². The molecule has 1 aromatic carbocycles. The predicted octanol–water partition coefficient (Wildman–Crippen LogP) is 2.29. The van der Waals surface area contributed by atoms with Crippen molar-refractivity contribution in [1.82, 2.24) is 0 Å². The summed E-state index contributed by atoms with van der Waals surface area (Å²) in [5, 5.41) is 8.54. The van der Waals surface area contributed by atoms with E-state index >= 15 is 0 Å². The molecule has 1 N–H and O–H groups in total. The van der Waals surface area contributed by atoms with Gasteiger partial charge >= 0.3 is 0 Å². The van der Waals surface area contributed by atoms with Crippen LogP contribution in [0.4, 0.5) is 0 Å². The van der Waals surface area contributed by atoms with E-state index in [0.717, 1.165) is 16.9 Å². The van der Waals surface area contributed by atoms with Gasteiger partial charge in [0, 0.05) is 11.1 Å². The average molecular weight is 198 g/mol. The van der Waals surface area contributed by atoms with E-state index in [-0.39, 0.29) is 6.61 Å². The van der Waals surface area contributed by atoms with Crippen molar-refractivity contribution in [2.24, 2.45) is 0 Å². The lowest BCUT2D eigenvalue weighted by Crippen LogP contribution is -1.78. The Hall–Kier alpha value is -1.98. The highest BCUT2D eigenvalue weighted by Gasteiger charge is 1.98. The molecule has 2 rings (SSSR count). The first-order valence-electron chi connectivity index (χ1n) is 4.64. The Balaban J connectivity index is 2.25. The molecule has 0 aliphatic heterocycles. The molecule has 0 fully saturated rings. The Morgan fingerprint density at radius 1 is 1.13 bits per heavy atom. The Morgan fingerprint density at radius 3 is 2.53 bits per heavy atom. The molecule has 0 atom stereocenters. The normalized spacial score (nSPS) is 9.40. The molecule has 2 aromatic rings. The van der Waals surface area contributed by atoms with Crippen LogP contribution in [-0.4, -0.2) is 11.7 Å². The minimum absolute atomic E-state index is 0.111. The Labute approximate surface area is 88.2 Å². The molecular weight excluding hydrogens is 188 g/mol. The van der Waals surface area contributed by atoms with Gasteiger partial charge in [-0.2, -0.15) is 0 Å². The van der Waals surface area contributed by atoms with Gasteiger partial charge in [-0.05, 0) is 24.3 Å². The van der Waals surface area contributed by atoms with Crippen LogP contribution in [0.3, 0.4) is 0 Å². The van der Waals surface area contributed by atoms with Crippen LogP contribution in [0.15, 0.2) is 47.1 Å². The maximum absolute atomic E-state index is 8.54. The first-order chi connectivity index (χ1) is 7.40. The topological polar surface area (TPSA) is 33.4 Å². The quantitative estimate of drug-likeness (QED) is 0.713. The maximum atomic E-state index is 8.54. The molecule has 2 heteroatoms. The number of aliphatic hydroxyl groups is 1. The fourth-order valence-electron chi connectivity index (χ4n) is 1.30. The van der Waals surface area contributed by atoms with Crippen molar-refractivity contribution in [3.05, 3.63) is 48.2 Å². The summed E-state index contributed by atoms with van der Waals surface area (Å²) < 4.78 is 5.26. The molecule has 74 valence electrons. The van der Waals surface area contributed by atoms with Crippen molar-refractivity contribution in [3.8, 4) is 23.2 Å². The van der Waals surface area contributed by atoms with E-state index in [4.69, 9.17) is 9.52 Å². The highest BCUT2D eigenvalue weighted by Crippen LogP contribution is 2.19. The third kappa shape index (κ3) is 2.28. The second-order valence-electron chi connectivity index (χ2n) is 3.01. The van der Waals surface area contributed by atoms with Gasteiger partial charge in [0.15, 0.2) is 0 Å². The van der Waals surface area contributed by atoms with Crippen molar-refractivity contribution in [2.45, 2.75) is 0 Å². The van der Waals surface area contributed by atoms with Crippen LogP contribution < -0.4 is 0 Å². The number of aliphatic hydroxyl groups excluding tert-OH is 1. The standard InChI is InChI=1S/C13H10O2/c14-9-1-3-11-5-7-12(8-6-11)13-4-2-10-15-13/h2,4-8,10,14H,9H2. The second kappa shape index (κ2) is 4.50. The third-order valence-electron chi connectivity index (χ3n) is 2.00. The van der Waals surface area contributed by atoms with Crippen molar-refractivity contribution in [2.75, 3.05) is 6.61 Å². The van der Waals surface area contributed by atoms with E-state index in [9.17, 15) is 0 Å². The third-order valence-corrected chi connectivity index (χ3v) is 2.00. The fraction of sp³-hybridized carbons (Fsp3) is 0.0769. The Kier molecular flexibility index (Phi) is 2.87. The van der Waals surface area contributed by atoms with Crippen LogP contribution in [0.1, 0.15) is 5.56 Å². The SMILES string of the molecule is OCC#Cc1ccc(-c2ccco2)cc1. The van der Waals surface area contributed by atoms with Gasteiger partial charge in [-0.3, -0.25) is 0 Å². The summed E-state index contributed by atoms with van der Waals surface area (Å²) in [5.74, 6) is 6.28. The van der Waals surface area contributed by atoms with Gasteiger partial charge < -0.3 is 9.52 Å². The van der Waals surface area contributed by atoms with Crippen LogP contribution in [-0.2, 0) is 0 Å². The monoisotopic (exact) mass is 198 g/mol. The van der Waals surface area contributed by atoms with Crippen LogP contribution in [0.25, 0.3) is 11.3 Å². The van der Waals surface area contributed by atoms with Gasteiger partial charge in [-0.15, -0.1) is 0 Å². The highest BCUT2D eigenvalue weighted by molar-refractivity contribution is 5.58. The van der Waals surface area contributed by atoms with Crippen molar-refractivity contribution in [1.29, 1.82) is 0 Å². The zero-order chi connectivity index (χ0) is 10.5.